The van der Waals surface area contributed by atoms with E-state index in [2.05, 4.69) is 24.4 Å². The van der Waals surface area contributed by atoms with Gasteiger partial charge in [-0.3, -0.25) is 10.1 Å². The third kappa shape index (κ3) is 3.86. The Morgan fingerprint density at radius 3 is 2.71 bits per heavy atom. The molecule has 152 valence electrons. The van der Waals surface area contributed by atoms with Crippen molar-refractivity contribution in [3.8, 4) is 11.5 Å². The molecule has 0 fully saturated rings. The molecule has 3 aromatic carbocycles. The summed E-state index contributed by atoms with van der Waals surface area (Å²) in [4.78, 5) is 16.8. The maximum Gasteiger partial charge on any atom is 0.257 e. The molecule has 31 heavy (non-hydrogen) atoms. The molecule has 0 radical (unpaired) electrons. The van der Waals surface area contributed by atoms with Crippen LogP contribution in [0.5, 0.6) is 0 Å². The van der Waals surface area contributed by atoms with Crippen molar-refractivity contribution < 1.29 is 13.6 Å². The van der Waals surface area contributed by atoms with Gasteiger partial charge in [-0.05, 0) is 60.7 Å². The minimum Gasteiger partial charge on any atom is -0.436 e. The van der Waals surface area contributed by atoms with E-state index in [0.29, 0.717) is 27.9 Å². The monoisotopic (exact) mass is 449 g/mol. The average Bonchev–Trinajstić information content (AvgIpc) is 3.39. The lowest BCUT2D eigenvalue weighted by atomic mass is 10.2. The van der Waals surface area contributed by atoms with Crippen molar-refractivity contribution in [1.29, 1.82) is 0 Å². The van der Waals surface area contributed by atoms with Crippen molar-refractivity contribution >= 4 is 62.8 Å². The lowest BCUT2D eigenvalue weighted by molar-refractivity contribution is 0.0978. The van der Waals surface area contributed by atoms with Crippen LogP contribution in [0.3, 0.4) is 0 Å². The summed E-state index contributed by atoms with van der Waals surface area (Å²) < 4.78 is 27.9. The van der Waals surface area contributed by atoms with E-state index in [9.17, 15) is 9.18 Å². The first-order valence-corrected chi connectivity index (χ1v) is 10.2. The Bertz CT molecular complexity index is 1460. The number of aromatic nitrogens is 3. The number of halogens is 1. The van der Waals surface area contributed by atoms with Gasteiger partial charge in [-0.15, -0.1) is 0 Å². The topological polar surface area (TPSA) is 92.9 Å². The highest BCUT2D eigenvalue weighted by Gasteiger charge is 2.14. The molecule has 5 rings (SSSR count). The van der Waals surface area contributed by atoms with Gasteiger partial charge in [0, 0.05) is 11.3 Å². The van der Waals surface area contributed by atoms with Crippen molar-refractivity contribution in [3.63, 3.8) is 0 Å². The Kier molecular flexibility index (Phi) is 4.85. The number of rotatable bonds is 3. The molecule has 2 N–H and O–H groups in total. The number of oxazole rings is 1. The largest absolute Gasteiger partial charge is 0.436 e. The number of hydrogen-bond acceptors (Lipinski definition) is 7. The van der Waals surface area contributed by atoms with Crippen molar-refractivity contribution in [1.82, 2.24) is 19.0 Å². The van der Waals surface area contributed by atoms with Gasteiger partial charge in [0.25, 0.3) is 5.91 Å². The lowest BCUT2D eigenvalue weighted by Gasteiger charge is -2.09. The van der Waals surface area contributed by atoms with Gasteiger partial charge >= 0.3 is 0 Å². The Hall–Kier alpha value is -3.76. The average molecular weight is 449 g/mol. The summed E-state index contributed by atoms with van der Waals surface area (Å²) >= 11 is 6.34. The van der Waals surface area contributed by atoms with Crippen LogP contribution in [-0.4, -0.2) is 24.8 Å². The molecule has 0 bridgehead atoms. The zero-order valence-electron chi connectivity index (χ0n) is 15.6. The number of thiocarbonyl (C=S) groups is 1. The second-order valence-electron chi connectivity index (χ2n) is 6.56. The number of fused-ring (bicyclic) bond motifs is 2. The maximum absolute atomic E-state index is 14.0. The highest BCUT2D eigenvalue weighted by atomic mass is 32.1. The van der Waals surface area contributed by atoms with Crippen LogP contribution in [0.2, 0.25) is 0 Å². The Balaban J connectivity index is 1.32. The van der Waals surface area contributed by atoms with Gasteiger partial charge < -0.3 is 9.73 Å². The van der Waals surface area contributed by atoms with Crippen LogP contribution in [0.15, 0.2) is 65.1 Å². The third-order valence-corrected chi connectivity index (χ3v) is 5.25. The van der Waals surface area contributed by atoms with Crippen molar-refractivity contribution in [2.24, 2.45) is 0 Å². The van der Waals surface area contributed by atoms with E-state index < -0.39 is 5.82 Å². The van der Waals surface area contributed by atoms with E-state index in [1.165, 1.54) is 6.07 Å². The fourth-order valence-electron chi connectivity index (χ4n) is 3.02. The predicted octanol–water partition coefficient (Wildman–Crippen LogP) is 4.77. The first-order valence-electron chi connectivity index (χ1n) is 9.07. The van der Waals surface area contributed by atoms with Gasteiger partial charge in [0.15, 0.2) is 10.7 Å². The molecular formula is C21H12FN5O2S2. The quantitative estimate of drug-likeness (QED) is 0.384. The van der Waals surface area contributed by atoms with Crippen LogP contribution in [0.1, 0.15) is 10.4 Å². The number of nitrogens with zero attached hydrogens (tertiary/aromatic N) is 3. The van der Waals surface area contributed by atoms with Crippen molar-refractivity contribution in [2.75, 3.05) is 5.32 Å². The van der Waals surface area contributed by atoms with Crippen LogP contribution in [-0.2, 0) is 0 Å². The lowest BCUT2D eigenvalue weighted by Crippen LogP contribution is -2.34. The summed E-state index contributed by atoms with van der Waals surface area (Å²) in [7, 11) is 0. The molecule has 0 saturated heterocycles. The molecular weight excluding hydrogens is 437 g/mol. The number of nitrogens with one attached hydrogen (secondary N) is 2. The van der Waals surface area contributed by atoms with Crippen LogP contribution in [0.25, 0.3) is 33.6 Å². The van der Waals surface area contributed by atoms with Gasteiger partial charge in [-0.2, -0.15) is 8.75 Å². The van der Waals surface area contributed by atoms with Gasteiger partial charge in [0.05, 0.1) is 17.3 Å². The van der Waals surface area contributed by atoms with Crippen LogP contribution >= 0.6 is 23.9 Å². The Morgan fingerprint density at radius 2 is 1.84 bits per heavy atom. The third-order valence-electron chi connectivity index (χ3n) is 4.49. The predicted molar refractivity (Wildman–Crippen MR) is 121 cm³/mol. The molecule has 0 atom stereocenters. The summed E-state index contributed by atoms with van der Waals surface area (Å²) in [5.41, 5.74) is 3.72. The first kappa shape index (κ1) is 19.2. The Labute approximate surface area is 184 Å². The van der Waals surface area contributed by atoms with Crippen LogP contribution < -0.4 is 10.6 Å². The fraction of sp³-hybridized carbons (Fsp3) is 0. The van der Waals surface area contributed by atoms with Gasteiger partial charge in [0.2, 0.25) is 5.89 Å². The molecule has 0 unspecified atom stereocenters. The normalized spacial score (nSPS) is 11.0. The second-order valence-corrected chi connectivity index (χ2v) is 7.49. The number of hydrogen-bond donors (Lipinski definition) is 2. The van der Waals surface area contributed by atoms with E-state index in [4.69, 9.17) is 16.6 Å². The zero-order chi connectivity index (χ0) is 21.4. The standard InChI is InChI=1S/C21H12FN5O2S2/c22-14-4-2-1-3-13(14)20-24-17-10-12(6-8-18(17)29-20)23-21(30)25-19(28)11-5-7-15-16(9-11)27-31-26-15/h1-10H,(H2,23,25,28,30). The van der Waals surface area contributed by atoms with Crippen LogP contribution in [0.4, 0.5) is 10.1 Å². The molecule has 5 aromatic rings. The molecule has 7 nitrogen and oxygen atoms in total. The van der Waals surface area contributed by atoms with E-state index >= 15 is 0 Å². The number of anilines is 1. The highest BCUT2D eigenvalue weighted by Crippen LogP contribution is 2.27. The highest BCUT2D eigenvalue weighted by molar-refractivity contribution is 7.80. The molecule has 1 amide bonds. The summed E-state index contributed by atoms with van der Waals surface area (Å²) in [6, 6.07) is 16.4. The van der Waals surface area contributed by atoms with Crippen LogP contribution in [0, 0.1) is 5.82 Å². The maximum atomic E-state index is 14.0. The van der Waals surface area contributed by atoms with E-state index in [0.717, 1.165) is 17.2 Å². The smallest absolute Gasteiger partial charge is 0.257 e. The van der Waals surface area contributed by atoms with E-state index in [1.54, 1.807) is 54.6 Å². The SMILES string of the molecule is O=C(NC(=S)Nc1ccc2oc(-c3ccccc3F)nc2c1)c1ccc2nsnc2c1. The number of benzene rings is 3. The van der Waals surface area contributed by atoms with E-state index in [-0.39, 0.29) is 22.5 Å². The van der Waals surface area contributed by atoms with Crippen molar-refractivity contribution in [3.05, 3.63) is 72.0 Å². The minimum absolute atomic E-state index is 0.124. The molecule has 10 heteroatoms. The molecule has 0 aliphatic heterocycles. The summed E-state index contributed by atoms with van der Waals surface area (Å²) in [5, 5.41) is 5.70. The van der Waals surface area contributed by atoms with E-state index in [1.807, 2.05) is 0 Å². The van der Waals surface area contributed by atoms with Gasteiger partial charge in [-0.25, -0.2) is 9.37 Å². The molecule has 2 heterocycles. The number of carbonyl (C=O) groups excluding carboxylic acids is 1. The molecule has 0 aliphatic rings. The summed E-state index contributed by atoms with van der Waals surface area (Å²) in [6.45, 7) is 0. The number of carbonyl (C=O) groups is 1. The van der Waals surface area contributed by atoms with Crippen molar-refractivity contribution in [2.45, 2.75) is 0 Å². The minimum atomic E-state index is -0.414. The summed E-state index contributed by atoms with van der Waals surface area (Å²) in [6.07, 6.45) is 0. The molecule has 0 saturated carbocycles. The summed E-state index contributed by atoms with van der Waals surface area (Å²) in [5.74, 6) is -0.590. The number of amides is 1. The molecule has 0 spiro atoms. The molecule has 0 aliphatic carbocycles. The Morgan fingerprint density at radius 1 is 1.00 bits per heavy atom. The second kappa shape index (κ2) is 7.82. The molecule has 2 aromatic heterocycles. The first-order chi connectivity index (χ1) is 15.1. The van der Waals surface area contributed by atoms with Gasteiger partial charge in [0.1, 0.15) is 22.4 Å². The fourth-order valence-corrected chi connectivity index (χ4v) is 3.74. The zero-order valence-corrected chi connectivity index (χ0v) is 17.3. The van der Waals surface area contributed by atoms with Gasteiger partial charge in [-0.1, -0.05) is 12.1 Å².